The third-order valence-corrected chi connectivity index (χ3v) is 6.69. The van der Waals surface area contributed by atoms with Crippen LogP contribution in [0.25, 0.3) is 0 Å². The second kappa shape index (κ2) is 12.0. The first-order chi connectivity index (χ1) is 16.0. The lowest BCUT2D eigenvalue weighted by atomic mass is 10.0. The van der Waals surface area contributed by atoms with E-state index in [0.29, 0.717) is 19.1 Å². The molecule has 4 amide bonds. The van der Waals surface area contributed by atoms with Crippen LogP contribution in [0, 0.1) is 0 Å². The molecule has 1 aromatic rings. The summed E-state index contributed by atoms with van der Waals surface area (Å²) in [5.74, 6) is -2.01. The monoisotopic (exact) mass is 510 g/mol. The average Bonchev–Trinajstić information content (AvgIpc) is 2.99. The minimum Gasteiger partial charge on any atom is -0.385 e. The van der Waals surface area contributed by atoms with Crippen molar-refractivity contribution in [1.82, 2.24) is 25.3 Å². The summed E-state index contributed by atoms with van der Waals surface area (Å²) in [6.07, 6.45) is 2.03. The highest BCUT2D eigenvalue weighted by Gasteiger charge is 2.44. The quantitative estimate of drug-likeness (QED) is 0.109. The number of hydrogen-bond acceptors (Lipinski definition) is 10. The zero-order valence-corrected chi connectivity index (χ0v) is 20.7. The van der Waals surface area contributed by atoms with Gasteiger partial charge < -0.3 is 10.6 Å². The molecule has 0 saturated carbocycles. The van der Waals surface area contributed by atoms with Crippen LogP contribution in [-0.4, -0.2) is 78.1 Å². The van der Waals surface area contributed by atoms with E-state index in [1.807, 2.05) is 7.05 Å². The molecule has 0 aliphatic carbocycles. The maximum absolute atomic E-state index is 12.9. The predicted molar refractivity (Wildman–Crippen MR) is 132 cm³/mol. The number of hydroxylamine groups is 1. The van der Waals surface area contributed by atoms with E-state index >= 15 is 0 Å². The van der Waals surface area contributed by atoms with Gasteiger partial charge in [0.1, 0.15) is 18.3 Å². The lowest BCUT2D eigenvalue weighted by Crippen LogP contribution is -2.54. The van der Waals surface area contributed by atoms with Crippen LogP contribution in [0.15, 0.2) is 18.2 Å². The van der Waals surface area contributed by atoms with E-state index < -0.39 is 29.7 Å². The summed E-state index contributed by atoms with van der Waals surface area (Å²) < 4.78 is 7.46. The Hall–Kier alpha value is -2.16. The molecule has 11 nitrogen and oxygen atoms in total. The Morgan fingerprint density at radius 3 is 2.56 bits per heavy atom. The molecule has 13 heteroatoms. The number of piperidine rings is 1. The molecule has 0 spiro atoms. The van der Waals surface area contributed by atoms with Crippen molar-refractivity contribution in [3.8, 4) is 0 Å². The third-order valence-electron chi connectivity index (χ3n) is 5.96. The molecule has 3 heterocycles. The number of carbonyl (C=O) groups excluding carboxylic acids is 4. The Balaban J connectivity index is 0.00000324. The van der Waals surface area contributed by atoms with Crippen molar-refractivity contribution in [3.63, 3.8) is 0 Å². The van der Waals surface area contributed by atoms with Crippen molar-refractivity contribution in [2.75, 3.05) is 38.5 Å². The molecule has 0 aromatic heterocycles. The molecule has 1 atom stereocenters. The number of amides is 4. The highest BCUT2D eigenvalue weighted by atomic mass is 32.2. The number of anilines is 1. The minimum atomic E-state index is -0.954. The summed E-state index contributed by atoms with van der Waals surface area (Å²) in [6, 6.07) is 4.55. The Labute approximate surface area is 209 Å². The van der Waals surface area contributed by atoms with Crippen molar-refractivity contribution < 1.29 is 23.5 Å². The van der Waals surface area contributed by atoms with Crippen LogP contribution < -0.4 is 21.4 Å². The van der Waals surface area contributed by atoms with E-state index in [2.05, 4.69) is 25.7 Å². The molecular formula is C21H30N6O5S2. The van der Waals surface area contributed by atoms with E-state index in [0.717, 1.165) is 36.5 Å². The van der Waals surface area contributed by atoms with Crippen molar-refractivity contribution in [1.29, 1.82) is 0 Å². The van der Waals surface area contributed by atoms with E-state index in [-0.39, 0.29) is 37.5 Å². The van der Waals surface area contributed by atoms with Gasteiger partial charge in [0.15, 0.2) is 0 Å². The van der Waals surface area contributed by atoms with Gasteiger partial charge in [0.2, 0.25) is 11.8 Å². The van der Waals surface area contributed by atoms with Crippen molar-refractivity contribution in [3.05, 3.63) is 29.3 Å². The lowest BCUT2D eigenvalue weighted by Gasteiger charge is -2.33. The van der Waals surface area contributed by atoms with Gasteiger partial charge >= 0.3 is 0 Å². The molecule has 4 rings (SSSR count). The molecule has 186 valence electrons. The molecule has 1 unspecified atom stereocenters. The van der Waals surface area contributed by atoms with Crippen molar-refractivity contribution in [2.24, 2.45) is 0 Å². The Morgan fingerprint density at radius 1 is 1.12 bits per heavy atom. The Bertz CT molecular complexity index is 944. The predicted octanol–water partition coefficient (Wildman–Crippen LogP) is 0.381. The summed E-state index contributed by atoms with van der Waals surface area (Å²) in [6.45, 7) is 3.37. The summed E-state index contributed by atoms with van der Waals surface area (Å²) in [7, 11) is 2.00. The fraction of sp³-hybridized carbons (Fsp3) is 0.524. The summed E-state index contributed by atoms with van der Waals surface area (Å²) in [4.78, 5) is 50.1. The van der Waals surface area contributed by atoms with E-state index in [1.165, 1.54) is 12.2 Å². The fourth-order valence-electron chi connectivity index (χ4n) is 3.85. The second-order valence-corrected chi connectivity index (χ2v) is 9.14. The average molecular weight is 511 g/mol. The first-order valence-corrected chi connectivity index (χ1v) is 11.7. The van der Waals surface area contributed by atoms with E-state index in [1.54, 1.807) is 18.2 Å². The van der Waals surface area contributed by atoms with Gasteiger partial charge in [0, 0.05) is 51.4 Å². The van der Waals surface area contributed by atoms with Crippen molar-refractivity contribution >= 4 is 55.0 Å². The lowest BCUT2D eigenvalue weighted by molar-refractivity contribution is -0.136. The first kappa shape index (κ1) is 26.4. The summed E-state index contributed by atoms with van der Waals surface area (Å²) in [5, 5.41) is 8.68. The summed E-state index contributed by atoms with van der Waals surface area (Å²) >= 11 is 1.30. The second-order valence-electron chi connectivity index (χ2n) is 8.25. The van der Waals surface area contributed by atoms with Crippen LogP contribution in [0.4, 0.5) is 5.69 Å². The fourth-order valence-corrected chi connectivity index (χ4v) is 4.38. The van der Waals surface area contributed by atoms with E-state index in [9.17, 15) is 19.2 Å². The molecule has 3 aliphatic heterocycles. The first-order valence-electron chi connectivity index (χ1n) is 11.0. The van der Waals surface area contributed by atoms with Gasteiger partial charge in [-0.3, -0.25) is 29.4 Å². The number of nitrogens with zero attached hydrogens (tertiary/aromatic N) is 2. The molecule has 4 N–H and O–H groups in total. The maximum atomic E-state index is 12.9. The molecular weight excluding hydrogens is 480 g/mol. The number of carbonyl (C=O) groups is 4. The number of benzene rings is 1. The van der Waals surface area contributed by atoms with Crippen LogP contribution >= 0.6 is 25.7 Å². The number of nitrogens with one attached hydrogen (secondary N) is 4. The molecule has 0 radical (unpaired) electrons. The number of hydrogen-bond donors (Lipinski definition) is 4. The van der Waals surface area contributed by atoms with Crippen LogP contribution in [-0.2, 0) is 13.9 Å². The molecule has 0 bridgehead atoms. The molecule has 3 aliphatic rings. The zero-order chi connectivity index (χ0) is 23.4. The smallest absolute Gasteiger partial charge is 0.262 e. The number of rotatable bonds is 11. The highest BCUT2D eigenvalue weighted by molar-refractivity contribution is 7.92. The van der Waals surface area contributed by atoms with Crippen LogP contribution in [0.3, 0.4) is 0 Å². The van der Waals surface area contributed by atoms with Gasteiger partial charge in [-0.05, 0) is 37.5 Å². The number of unbranched alkanes of at least 4 members (excludes halogenated alkanes) is 1. The van der Waals surface area contributed by atoms with Gasteiger partial charge in [-0.25, -0.2) is 8.59 Å². The van der Waals surface area contributed by atoms with Gasteiger partial charge in [-0.15, -0.1) is 0 Å². The third kappa shape index (κ3) is 5.90. The van der Waals surface area contributed by atoms with Gasteiger partial charge in [0.05, 0.1) is 11.1 Å². The molecule has 1 aromatic carbocycles. The molecule has 34 heavy (non-hydrogen) atoms. The van der Waals surface area contributed by atoms with Gasteiger partial charge in [-0.2, -0.15) is 19.0 Å². The topological polar surface area (TPSA) is 132 Å². The van der Waals surface area contributed by atoms with Gasteiger partial charge in [-0.1, -0.05) is 0 Å². The normalized spacial score (nSPS) is 20.2. The van der Waals surface area contributed by atoms with Crippen molar-refractivity contribution in [2.45, 2.75) is 37.8 Å². The van der Waals surface area contributed by atoms with E-state index in [4.69, 9.17) is 4.28 Å². The largest absolute Gasteiger partial charge is 0.385 e. The number of likely N-dealkylation sites (N-methyl/N-ethyl adjacent to an activating group) is 1. The maximum Gasteiger partial charge on any atom is 0.262 e. The van der Waals surface area contributed by atoms with Crippen LogP contribution in [0.2, 0.25) is 0 Å². The minimum absolute atomic E-state index is 0. The van der Waals surface area contributed by atoms with Crippen LogP contribution in [0.1, 0.15) is 46.4 Å². The zero-order valence-electron chi connectivity index (χ0n) is 18.9. The highest BCUT2D eigenvalue weighted by Crippen LogP contribution is 2.29. The summed E-state index contributed by atoms with van der Waals surface area (Å²) in [5.41, 5.74) is 4.21. The number of fused-ring (bicyclic) bond motifs is 1. The standard InChI is InChI=1S/C21H28N6O5S.H2S/c1-26(14-11-22-12-14)33-32-24-9-3-2-8-23-13-4-5-15-16(10-13)21(31)27(20(15)30)17-6-7-18(28)25-19(17)29;/h4-5,10,14,17,22-24H,2-3,6-9,11-12H2,1H3,(H,25,28,29);1H2. The molecule has 2 saturated heterocycles. The Kier molecular flexibility index (Phi) is 9.33. The Morgan fingerprint density at radius 2 is 1.85 bits per heavy atom. The number of imide groups is 2. The van der Waals surface area contributed by atoms with Gasteiger partial charge in [0.25, 0.3) is 11.8 Å². The van der Waals surface area contributed by atoms with Crippen LogP contribution in [0.5, 0.6) is 0 Å². The SMILES string of the molecule is CN(SONCCCCNc1ccc2c(c1)C(=O)N(C1CCC(=O)NC1=O)C2=O)C1CNC1.S. The molecule has 2 fully saturated rings.